The van der Waals surface area contributed by atoms with Crippen LogP contribution in [0.25, 0.3) is 0 Å². The van der Waals surface area contributed by atoms with Crippen LogP contribution in [0.2, 0.25) is 0 Å². The van der Waals surface area contributed by atoms with Crippen molar-refractivity contribution in [2.45, 2.75) is 26.1 Å². The molecule has 0 amide bonds. The molecule has 4 nitrogen and oxygen atoms in total. The van der Waals surface area contributed by atoms with Crippen molar-refractivity contribution in [3.05, 3.63) is 24.0 Å². The average molecular weight is 297 g/mol. The number of thiocarbonyl (C=S) groups is 1. The zero-order chi connectivity index (χ0) is 14.7. The van der Waals surface area contributed by atoms with Crippen LogP contribution < -0.4 is 15.5 Å². The van der Waals surface area contributed by atoms with Crippen molar-refractivity contribution < 1.29 is 9.13 Å². The first-order valence-corrected chi connectivity index (χ1v) is 7.09. The Bertz CT molecular complexity index is 487. The molecule has 0 spiro atoms. The standard InChI is InChI=1S/C14H20FN3OS/c1-9-7-18(8-10(2)19-9)13-5-4-11(6-12(13)15)17-14(20)16-3/h4-6,9-10H,7-8H2,1-3H3,(H2,16,17,20)/t9-,10-/m0/s1. The SMILES string of the molecule is CNC(=S)Nc1ccc(N2C[C@H](C)O[C@@H](C)C2)c(F)c1. The quantitative estimate of drug-likeness (QED) is 0.820. The van der Waals surface area contributed by atoms with Crippen LogP contribution >= 0.6 is 12.2 Å². The largest absolute Gasteiger partial charge is 0.372 e. The summed E-state index contributed by atoms with van der Waals surface area (Å²) in [6.45, 7) is 5.40. The van der Waals surface area contributed by atoms with E-state index in [4.69, 9.17) is 17.0 Å². The van der Waals surface area contributed by atoms with Crippen molar-refractivity contribution >= 4 is 28.7 Å². The molecule has 1 aliphatic rings. The van der Waals surface area contributed by atoms with Gasteiger partial charge in [-0.05, 0) is 44.3 Å². The van der Waals surface area contributed by atoms with Gasteiger partial charge in [-0.15, -0.1) is 0 Å². The van der Waals surface area contributed by atoms with Crippen molar-refractivity contribution in [2.24, 2.45) is 0 Å². The monoisotopic (exact) mass is 297 g/mol. The highest BCUT2D eigenvalue weighted by molar-refractivity contribution is 7.80. The van der Waals surface area contributed by atoms with Gasteiger partial charge in [0.05, 0.1) is 17.9 Å². The number of nitrogens with one attached hydrogen (secondary N) is 2. The van der Waals surface area contributed by atoms with E-state index in [0.29, 0.717) is 29.6 Å². The number of nitrogens with zero attached hydrogens (tertiary/aromatic N) is 1. The minimum Gasteiger partial charge on any atom is -0.372 e. The van der Waals surface area contributed by atoms with E-state index in [9.17, 15) is 4.39 Å². The second kappa shape index (κ2) is 6.37. The summed E-state index contributed by atoms with van der Waals surface area (Å²) in [7, 11) is 1.72. The molecule has 20 heavy (non-hydrogen) atoms. The number of hydrogen-bond donors (Lipinski definition) is 2. The van der Waals surface area contributed by atoms with E-state index in [1.165, 1.54) is 6.07 Å². The van der Waals surface area contributed by atoms with Gasteiger partial charge in [0.15, 0.2) is 5.11 Å². The number of benzene rings is 1. The normalized spacial score (nSPS) is 22.5. The third-order valence-corrected chi connectivity index (χ3v) is 3.50. The highest BCUT2D eigenvalue weighted by Crippen LogP contribution is 2.26. The second-order valence-electron chi connectivity index (χ2n) is 5.03. The van der Waals surface area contributed by atoms with Crippen LogP contribution in [0.3, 0.4) is 0 Å². The lowest BCUT2D eigenvalue weighted by Crippen LogP contribution is -2.45. The van der Waals surface area contributed by atoms with Gasteiger partial charge in [-0.3, -0.25) is 0 Å². The third-order valence-electron chi connectivity index (χ3n) is 3.19. The average Bonchev–Trinajstić information content (AvgIpc) is 2.37. The van der Waals surface area contributed by atoms with Crippen molar-refractivity contribution in [1.82, 2.24) is 5.32 Å². The lowest BCUT2D eigenvalue weighted by molar-refractivity contribution is -0.00539. The molecule has 1 saturated heterocycles. The van der Waals surface area contributed by atoms with E-state index >= 15 is 0 Å². The Kier molecular flexibility index (Phi) is 4.77. The van der Waals surface area contributed by atoms with Crippen LogP contribution in [0.1, 0.15) is 13.8 Å². The smallest absolute Gasteiger partial charge is 0.170 e. The molecule has 2 atom stereocenters. The summed E-state index contributed by atoms with van der Waals surface area (Å²) in [5.41, 5.74) is 1.24. The number of halogens is 1. The molecule has 1 aromatic carbocycles. The van der Waals surface area contributed by atoms with Crippen LogP contribution in [-0.4, -0.2) is 37.5 Å². The predicted octanol–water partition coefficient (Wildman–Crippen LogP) is 2.36. The first-order chi connectivity index (χ1) is 9.49. The summed E-state index contributed by atoms with van der Waals surface area (Å²) in [6, 6.07) is 5.07. The van der Waals surface area contributed by atoms with Crippen LogP contribution in [0, 0.1) is 5.82 Å². The number of ether oxygens (including phenoxy) is 1. The number of rotatable bonds is 2. The summed E-state index contributed by atoms with van der Waals surface area (Å²) in [4.78, 5) is 2.02. The summed E-state index contributed by atoms with van der Waals surface area (Å²) in [5.74, 6) is -0.254. The van der Waals surface area contributed by atoms with E-state index in [2.05, 4.69) is 10.6 Å². The van der Waals surface area contributed by atoms with Gasteiger partial charge in [0, 0.05) is 25.8 Å². The Balaban J connectivity index is 2.15. The highest BCUT2D eigenvalue weighted by Gasteiger charge is 2.24. The maximum Gasteiger partial charge on any atom is 0.170 e. The Morgan fingerprint density at radius 1 is 1.35 bits per heavy atom. The first kappa shape index (κ1) is 15.0. The molecular weight excluding hydrogens is 277 g/mol. The Hall–Kier alpha value is -1.40. The number of anilines is 2. The molecule has 0 radical (unpaired) electrons. The van der Waals surface area contributed by atoms with Crippen LogP contribution in [-0.2, 0) is 4.74 Å². The Labute approximate surface area is 124 Å². The van der Waals surface area contributed by atoms with E-state index in [1.54, 1.807) is 13.1 Å². The Morgan fingerprint density at radius 3 is 2.55 bits per heavy atom. The molecule has 2 rings (SSSR count). The summed E-state index contributed by atoms with van der Waals surface area (Å²) in [6.07, 6.45) is 0.209. The molecule has 6 heteroatoms. The fourth-order valence-corrected chi connectivity index (χ4v) is 2.53. The molecule has 0 bridgehead atoms. The molecule has 110 valence electrons. The topological polar surface area (TPSA) is 36.5 Å². The van der Waals surface area contributed by atoms with Crippen LogP contribution in [0.5, 0.6) is 0 Å². The van der Waals surface area contributed by atoms with Gasteiger partial charge in [-0.1, -0.05) is 0 Å². The van der Waals surface area contributed by atoms with Gasteiger partial charge < -0.3 is 20.3 Å². The molecule has 0 aromatic heterocycles. The minimum atomic E-state index is -0.254. The number of hydrogen-bond acceptors (Lipinski definition) is 3. The summed E-state index contributed by atoms with van der Waals surface area (Å²) >= 11 is 5.00. The van der Waals surface area contributed by atoms with Crippen molar-refractivity contribution in [3.63, 3.8) is 0 Å². The maximum atomic E-state index is 14.3. The van der Waals surface area contributed by atoms with Gasteiger partial charge in [0.1, 0.15) is 5.82 Å². The van der Waals surface area contributed by atoms with Gasteiger partial charge in [0.25, 0.3) is 0 Å². The fraction of sp³-hybridized carbons (Fsp3) is 0.500. The maximum absolute atomic E-state index is 14.3. The van der Waals surface area contributed by atoms with E-state index in [-0.39, 0.29) is 18.0 Å². The lowest BCUT2D eigenvalue weighted by Gasteiger charge is -2.37. The zero-order valence-electron chi connectivity index (χ0n) is 11.9. The molecule has 1 aliphatic heterocycles. The van der Waals surface area contributed by atoms with Crippen molar-refractivity contribution in [3.8, 4) is 0 Å². The molecule has 1 aromatic rings. The van der Waals surface area contributed by atoms with Gasteiger partial charge in [-0.25, -0.2) is 4.39 Å². The van der Waals surface area contributed by atoms with E-state index in [1.807, 2.05) is 24.8 Å². The molecule has 0 unspecified atom stereocenters. The molecule has 0 aliphatic carbocycles. The van der Waals surface area contributed by atoms with Crippen molar-refractivity contribution in [1.29, 1.82) is 0 Å². The van der Waals surface area contributed by atoms with E-state index < -0.39 is 0 Å². The molecule has 1 heterocycles. The Morgan fingerprint density at radius 2 is 2.00 bits per heavy atom. The molecular formula is C14H20FN3OS. The first-order valence-electron chi connectivity index (χ1n) is 6.68. The summed E-state index contributed by atoms with van der Waals surface area (Å²) < 4.78 is 19.9. The highest BCUT2D eigenvalue weighted by atomic mass is 32.1. The predicted molar refractivity (Wildman–Crippen MR) is 83.9 cm³/mol. The van der Waals surface area contributed by atoms with Gasteiger partial charge in [0.2, 0.25) is 0 Å². The van der Waals surface area contributed by atoms with Crippen LogP contribution in [0.4, 0.5) is 15.8 Å². The molecule has 1 fully saturated rings. The minimum absolute atomic E-state index is 0.104. The van der Waals surface area contributed by atoms with Crippen molar-refractivity contribution in [2.75, 3.05) is 30.4 Å². The fourth-order valence-electron chi connectivity index (χ4n) is 2.41. The summed E-state index contributed by atoms with van der Waals surface area (Å²) in [5, 5.41) is 6.17. The molecule has 2 N–H and O–H groups in total. The lowest BCUT2D eigenvalue weighted by atomic mass is 10.2. The second-order valence-corrected chi connectivity index (χ2v) is 5.44. The van der Waals surface area contributed by atoms with Crippen LogP contribution in [0.15, 0.2) is 18.2 Å². The third kappa shape index (κ3) is 3.58. The van der Waals surface area contributed by atoms with Gasteiger partial charge in [-0.2, -0.15) is 0 Å². The zero-order valence-corrected chi connectivity index (χ0v) is 12.8. The van der Waals surface area contributed by atoms with E-state index in [0.717, 1.165) is 0 Å². The van der Waals surface area contributed by atoms with Gasteiger partial charge >= 0.3 is 0 Å². The number of morpholine rings is 1. The molecule has 0 saturated carbocycles.